The van der Waals surface area contributed by atoms with E-state index in [2.05, 4.69) is 5.32 Å². The molecular weight excluding hydrogens is 216 g/mol. The molecule has 2 aliphatic carbocycles. The van der Waals surface area contributed by atoms with Crippen molar-refractivity contribution in [3.8, 4) is 0 Å². The third-order valence-electron chi connectivity index (χ3n) is 4.49. The second-order valence-corrected chi connectivity index (χ2v) is 5.86. The monoisotopic (exact) mass is 236 g/mol. The minimum Gasteiger partial charge on any atom is -0.340 e. The van der Waals surface area contributed by atoms with Crippen LogP contribution in [-0.4, -0.2) is 34.8 Å². The predicted octanol–water partition coefficient (Wildman–Crippen LogP) is 1.06. The lowest BCUT2D eigenvalue weighted by molar-refractivity contribution is -0.154. The molecule has 4 heteroatoms. The first-order valence-electron chi connectivity index (χ1n) is 6.75. The molecule has 1 heterocycles. The van der Waals surface area contributed by atoms with Gasteiger partial charge in [0.25, 0.3) is 0 Å². The van der Waals surface area contributed by atoms with Gasteiger partial charge in [-0.1, -0.05) is 12.8 Å². The van der Waals surface area contributed by atoms with Crippen LogP contribution in [0.4, 0.5) is 0 Å². The Hall–Kier alpha value is -1.06. The van der Waals surface area contributed by atoms with E-state index in [1.54, 1.807) is 0 Å². The third-order valence-corrected chi connectivity index (χ3v) is 4.49. The molecule has 0 bridgehead atoms. The Kier molecular flexibility index (Phi) is 2.42. The van der Waals surface area contributed by atoms with Crippen molar-refractivity contribution in [3.05, 3.63) is 0 Å². The van der Waals surface area contributed by atoms with Gasteiger partial charge in [-0.2, -0.15) is 0 Å². The molecule has 1 saturated heterocycles. The van der Waals surface area contributed by atoms with Gasteiger partial charge in [0.1, 0.15) is 11.6 Å². The predicted molar refractivity (Wildman–Crippen MR) is 63.2 cm³/mol. The Bertz CT molecular complexity index is 356. The highest BCUT2D eigenvalue weighted by Gasteiger charge is 2.51. The summed E-state index contributed by atoms with van der Waals surface area (Å²) in [7, 11) is 0. The highest BCUT2D eigenvalue weighted by molar-refractivity contribution is 5.99. The highest BCUT2D eigenvalue weighted by atomic mass is 16.2. The minimum atomic E-state index is -0.543. The van der Waals surface area contributed by atoms with Gasteiger partial charge in [0, 0.05) is 6.54 Å². The number of hydrogen-bond donors (Lipinski definition) is 1. The van der Waals surface area contributed by atoms with Crippen molar-refractivity contribution in [3.63, 3.8) is 0 Å². The fourth-order valence-corrected chi connectivity index (χ4v) is 3.12. The van der Waals surface area contributed by atoms with Crippen molar-refractivity contribution in [1.82, 2.24) is 10.2 Å². The first-order valence-corrected chi connectivity index (χ1v) is 6.75. The van der Waals surface area contributed by atoms with E-state index >= 15 is 0 Å². The molecule has 3 aliphatic rings. The molecule has 4 nitrogen and oxygen atoms in total. The Labute approximate surface area is 102 Å². The van der Waals surface area contributed by atoms with Crippen LogP contribution in [0.2, 0.25) is 0 Å². The summed E-state index contributed by atoms with van der Waals surface area (Å²) >= 11 is 0. The molecule has 1 aliphatic heterocycles. The fraction of sp³-hybridized carbons (Fsp3) is 0.846. The zero-order valence-corrected chi connectivity index (χ0v) is 10.4. The average Bonchev–Trinajstić information content (AvgIpc) is 3.01. The number of nitrogens with one attached hydrogen (secondary N) is 1. The Balaban J connectivity index is 1.84. The van der Waals surface area contributed by atoms with Crippen LogP contribution in [-0.2, 0) is 9.59 Å². The molecule has 0 aromatic heterocycles. The summed E-state index contributed by atoms with van der Waals surface area (Å²) in [6.07, 6.45) is 6.18. The van der Waals surface area contributed by atoms with Crippen LogP contribution < -0.4 is 5.32 Å². The van der Waals surface area contributed by atoms with E-state index in [4.69, 9.17) is 0 Å². The smallest absolute Gasteiger partial charge is 0.249 e. The summed E-state index contributed by atoms with van der Waals surface area (Å²) in [5.41, 5.74) is -0.543. The summed E-state index contributed by atoms with van der Waals surface area (Å²) in [6.45, 7) is 2.63. The molecule has 2 saturated carbocycles. The van der Waals surface area contributed by atoms with Gasteiger partial charge in [0.15, 0.2) is 0 Å². The Morgan fingerprint density at radius 3 is 2.53 bits per heavy atom. The third kappa shape index (κ3) is 1.74. The number of carbonyl (C=O) groups excluding carboxylic acids is 2. The van der Waals surface area contributed by atoms with Gasteiger partial charge in [0.2, 0.25) is 11.8 Å². The molecule has 0 aromatic rings. The van der Waals surface area contributed by atoms with Crippen LogP contribution in [0.15, 0.2) is 0 Å². The topological polar surface area (TPSA) is 49.4 Å². The molecule has 1 N–H and O–H groups in total. The van der Waals surface area contributed by atoms with E-state index in [1.807, 2.05) is 11.8 Å². The molecule has 0 radical (unpaired) electrons. The first kappa shape index (κ1) is 11.1. The lowest BCUT2D eigenvalue weighted by Crippen LogP contribution is -2.69. The van der Waals surface area contributed by atoms with Gasteiger partial charge in [-0.25, -0.2) is 0 Å². The van der Waals surface area contributed by atoms with E-state index in [1.165, 1.54) is 12.8 Å². The van der Waals surface area contributed by atoms with Crippen molar-refractivity contribution in [1.29, 1.82) is 0 Å². The van der Waals surface area contributed by atoms with E-state index in [-0.39, 0.29) is 17.9 Å². The normalized spacial score (nSPS) is 32.1. The van der Waals surface area contributed by atoms with Crippen LogP contribution in [0.25, 0.3) is 0 Å². The number of nitrogens with zero attached hydrogens (tertiary/aromatic N) is 1. The molecule has 3 rings (SSSR count). The second-order valence-electron chi connectivity index (χ2n) is 5.86. The van der Waals surface area contributed by atoms with Gasteiger partial charge < -0.3 is 10.2 Å². The molecule has 0 aromatic carbocycles. The van der Waals surface area contributed by atoms with Gasteiger partial charge in [-0.15, -0.1) is 0 Å². The molecule has 1 atom stereocenters. The summed E-state index contributed by atoms with van der Waals surface area (Å²) in [4.78, 5) is 26.4. The Morgan fingerprint density at radius 1 is 1.29 bits per heavy atom. The summed E-state index contributed by atoms with van der Waals surface area (Å²) < 4.78 is 0. The number of amides is 2. The van der Waals surface area contributed by atoms with E-state index in [9.17, 15) is 9.59 Å². The quantitative estimate of drug-likeness (QED) is 0.779. The zero-order valence-electron chi connectivity index (χ0n) is 10.4. The van der Waals surface area contributed by atoms with Crippen molar-refractivity contribution < 1.29 is 9.59 Å². The maximum absolute atomic E-state index is 12.6. The van der Waals surface area contributed by atoms with Crippen LogP contribution in [0.1, 0.15) is 45.4 Å². The van der Waals surface area contributed by atoms with Crippen LogP contribution in [0.3, 0.4) is 0 Å². The highest BCUT2D eigenvalue weighted by Crippen LogP contribution is 2.37. The maximum Gasteiger partial charge on any atom is 0.249 e. The van der Waals surface area contributed by atoms with E-state index in [0.29, 0.717) is 5.92 Å². The van der Waals surface area contributed by atoms with Crippen molar-refractivity contribution in [2.75, 3.05) is 6.54 Å². The van der Waals surface area contributed by atoms with Gasteiger partial charge >= 0.3 is 0 Å². The lowest BCUT2D eigenvalue weighted by atomic mass is 9.91. The number of carbonyl (C=O) groups is 2. The summed E-state index contributed by atoms with van der Waals surface area (Å²) in [5.74, 6) is 0.854. The number of rotatable bonds is 2. The van der Waals surface area contributed by atoms with Crippen LogP contribution in [0.5, 0.6) is 0 Å². The van der Waals surface area contributed by atoms with Gasteiger partial charge in [-0.05, 0) is 38.5 Å². The molecule has 3 fully saturated rings. The molecule has 1 spiro atoms. The number of piperazine rings is 1. The Morgan fingerprint density at radius 2 is 1.94 bits per heavy atom. The molecular formula is C13H20N2O2. The van der Waals surface area contributed by atoms with Crippen molar-refractivity contribution in [2.24, 2.45) is 5.92 Å². The minimum absolute atomic E-state index is 0.0344. The van der Waals surface area contributed by atoms with Crippen molar-refractivity contribution >= 4 is 11.8 Å². The number of hydrogen-bond acceptors (Lipinski definition) is 2. The van der Waals surface area contributed by atoms with Gasteiger partial charge in [-0.3, -0.25) is 9.59 Å². The molecule has 2 amide bonds. The fourth-order valence-electron chi connectivity index (χ4n) is 3.12. The summed E-state index contributed by atoms with van der Waals surface area (Å²) in [5, 5.41) is 2.98. The molecule has 1 unspecified atom stereocenters. The SMILES string of the molecule is CC1C(=O)NC2(CCCC2)C(=O)N1CC1CC1. The van der Waals surface area contributed by atoms with Gasteiger partial charge in [0.05, 0.1) is 0 Å². The van der Waals surface area contributed by atoms with Crippen LogP contribution >= 0.6 is 0 Å². The summed E-state index contributed by atoms with van der Waals surface area (Å²) in [6, 6.07) is -0.283. The molecule has 94 valence electrons. The zero-order chi connectivity index (χ0) is 12.0. The lowest BCUT2D eigenvalue weighted by Gasteiger charge is -2.43. The molecule has 17 heavy (non-hydrogen) atoms. The second kappa shape index (κ2) is 3.72. The maximum atomic E-state index is 12.6. The van der Waals surface area contributed by atoms with Crippen molar-refractivity contribution in [2.45, 2.75) is 57.0 Å². The largest absolute Gasteiger partial charge is 0.340 e. The van der Waals surface area contributed by atoms with E-state index < -0.39 is 5.54 Å². The van der Waals surface area contributed by atoms with Crippen LogP contribution in [0, 0.1) is 5.92 Å². The average molecular weight is 236 g/mol. The standard InChI is InChI=1S/C13H20N2O2/c1-9-11(16)14-13(6-2-3-7-13)12(17)15(9)8-10-4-5-10/h9-10H,2-8H2,1H3,(H,14,16). The first-order chi connectivity index (χ1) is 8.12. The van der Waals surface area contributed by atoms with E-state index in [0.717, 1.165) is 32.2 Å².